The molecule has 13 nitrogen and oxygen atoms in total. The number of fused-ring (bicyclic) bond motifs is 3. The Bertz CT molecular complexity index is 1910. The number of benzene rings is 1. The number of nitrogens with zero attached hydrogens (tertiary/aromatic N) is 2. The van der Waals surface area contributed by atoms with Crippen LogP contribution in [-0.2, 0) is 53.1 Å². The third-order valence-electron chi connectivity index (χ3n) is 13.4. The number of nitrogens with one attached hydrogen (secondary N) is 3. The van der Waals surface area contributed by atoms with Crippen LogP contribution in [0.5, 0.6) is 0 Å². The second kappa shape index (κ2) is 15.6. The van der Waals surface area contributed by atoms with Crippen molar-refractivity contribution in [2.75, 3.05) is 13.2 Å². The fourth-order valence-corrected chi connectivity index (χ4v) is 11.3. The number of cyclic esters (lactones) is 1. The van der Waals surface area contributed by atoms with Gasteiger partial charge in [0.25, 0.3) is 5.91 Å². The number of carbonyl (C=O) groups is 5. The van der Waals surface area contributed by atoms with Crippen LogP contribution < -0.4 is 15.4 Å². The lowest BCUT2D eigenvalue weighted by Gasteiger charge is -2.38. The Balaban J connectivity index is 1.18. The Labute approximate surface area is 337 Å². The minimum Gasteiger partial charge on any atom is -0.449 e. The Morgan fingerprint density at radius 3 is 2.35 bits per heavy atom. The fraction of sp³-hybridized carbons (Fsp3) is 0.674. The SMILES string of the molecule is C=C1[C@@H](CC)[C@@]1(NC(=O)[C@@H]1C[C@@H]2CN1C(=O)[C@H](C(C)(C)C)NC(=O)OCC1(CCCCC1)CCCCc1cccc3c1CN(C3)C(=O)O2)C(=O)NS(=C)(=O)C1CC1. The molecule has 1 unspecified atom stereocenters. The summed E-state index contributed by atoms with van der Waals surface area (Å²) in [5.41, 5.74) is 1.44. The summed E-state index contributed by atoms with van der Waals surface area (Å²) < 4.78 is 28.0. The van der Waals surface area contributed by atoms with E-state index in [0.29, 0.717) is 37.9 Å². The first-order valence-electron chi connectivity index (χ1n) is 21.0. The average molecular weight is 808 g/mol. The highest BCUT2D eigenvalue weighted by Crippen LogP contribution is 2.52. The molecule has 1 aromatic rings. The third kappa shape index (κ3) is 8.29. The zero-order valence-corrected chi connectivity index (χ0v) is 34.9. The normalized spacial score (nSPS) is 30.5. The molecule has 0 radical (unpaired) electrons. The van der Waals surface area contributed by atoms with Crippen molar-refractivity contribution < 1.29 is 37.7 Å². The Kier molecular flexibility index (Phi) is 11.2. The largest absolute Gasteiger partial charge is 0.449 e. The van der Waals surface area contributed by atoms with Gasteiger partial charge in [-0.25, -0.2) is 13.8 Å². The molecule has 3 aliphatic heterocycles. The van der Waals surface area contributed by atoms with Gasteiger partial charge in [-0.1, -0.05) is 78.2 Å². The molecule has 3 N–H and O–H groups in total. The van der Waals surface area contributed by atoms with Crippen molar-refractivity contribution in [2.45, 2.75) is 153 Å². The number of amides is 5. The first-order chi connectivity index (χ1) is 27.0. The van der Waals surface area contributed by atoms with Gasteiger partial charge in [0.2, 0.25) is 11.8 Å². The number of hydrogen-bond donors (Lipinski definition) is 3. The quantitative estimate of drug-likeness (QED) is 0.258. The van der Waals surface area contributed by atoms with Crippen LogP contribution in [0.15, 0.2) is 30.4 Å². The second-order valence-electron chi connectivity index (χ2n) is 18.6. The highest BCUT2D eigenvalue weighted by molar-refractivity contribution is 7.99. The van der Waals surface area contributed by atoms with Gasteiger partial charge in [0.1, 0.15) is 23.7 Å². The van der Waals surface area contributed by atoms with Gasteiger partial charge in [0.05, 0.1) is 22.9 Å². The summed E-state index contributed by atoms with van der Waals surface area (Å²) in [6, 6.07) is 3.95. The number of ether oxygens (including phenoxy) is 2. The molecule has 5 amide bonds. The lowest BCUT2D eigenvalue weighted by Crippen LogP contribution is -2.60. The summed E-state index contributed by atoms with van der Waals surface area (Å²) in [5.74, 6) is 1.57. The number of rotatable bonds is 6. The first-order valence-corrected chi connectivity index (χ1v) is 22.8. The summed E-state index contributed by atoms with van der Waals surface area (Å²) in [5, 5.41) is 5.55. The summed E-state index contributed by atoms with van der Waals surface area (Å²) in [6.45, 7) is 12.4. The molecule has 0 aromatic heterocycles. The van der Waals surface area contributed by atoms with Gasteiger partial charge in [0, 0.05) is 36.1 Å². The van der Waals surface area contributed by atoms with Crippen LogP contribution >= 0.6 is 0 Å². The van der Waals surface area contributed by atoms with Crippen molar-refractivity contribution in [1.82, 2.24) is 25.2 Å². The van der Waals surface area contributed by atoms with E-state index in [1.54, 1.807) is 4.90 Å². The number of carbonyl (C=O) groups excluding carboxylic acids is 5. The predicted molar refractivity (Wildman–Crippen MR) is 217 cm³/mol. The molecule has 1 saturated heterocycles. The molecule has 57 heavy (non-hydrogen) atoms. The minimum absolute atomic E-state index is 0.0334. The lowest BCUT2D eigenvalue weighted by atomic mass is 9.71. The monoisotopic (exact) mass is 807 g/mol. The first kappa shape index (κ1) is 41.1. The van der Waals surface area contributed by atoms with E-state index in [0.717, 1.165) is 68.9 Å². The predicted octanol–water partition coefficient (Wildman–Crippen LogP) is 5.29. The maximum Gasteiger partial charge on any atom is 0.410 e. The number of aryl methyl sites for hydroxylation is 1. The van der Waals surface area contributed by atoms with Gasteiger partial charge in [-0.3, -0.25) is 24.0 Å². The standard InChI is InChI=1S/C43H61N5O8S/c1-7-33-27(2)43(33,38(51)46-57(6,54)31-17-18-31)45-36(49)34-22-30-24-48(34)37(50)35(41(3,4)5)44-39(52)55-26-42(19-10-8-11-20-42)21-12-9-14-28-15-13-16-29-23-47(25-32(28)29)40(53)56-30/h13,15-16,30-31,33-35H,2,6-12,14,17-26H2,1,3-5H3,(H,44,52)(H,45,49)(H,46,51,54)/t30-,33-,34+,35-,43-,57?/m1/s1. The van der Waals surface area contributed by atoms with E-state index in [-0.39, 0.29) is 30.2 Å². The van der Waals surface area contributed by atoms with Crippen molar-refractivity contribution in [1.29, 1.82) is 0 Å². The Morgan fingerprint density at radius 2 is 1.70 bits per heavy atom. The molecule has 312 valence electrons. The topological polar surface area (TPSA) is 163 Å². The van der Waals surface area contributed by atoms with Gasteiger partial charge in [0.15, 0.2) is 0 Å². The van der Waals surface area contributed by atoms with Crippen molar-refractivity contribution in [2.24, 2.45) is 16.7 Å². The molecular formula is C43H61N5O8S. The molecule has 4 fully saturated rings. The van der Waals surface area contributed by atoms with Crippen LogP contribution in [0.1, 0.15) is 121 Å². The minimum atomic E-state index is -2.94. The summed E-state index contributed by atoms with van der Waals surface area (Å²) in [4.78, 5) is 73.6. The summed E-state index contributed by atoms with van der Waals surface area (Å²) >= 11 is 0. The number of hydrogen-bond acceptors (Lipinski definition) is 8. The Morgan fingerprint density at radius 1 is 1.02 bits per heavy atom. The maximum atomic E-state index is 14.7. The molecule has 3 aliphatic carbocycles. The lowest BCUT2D eigenvalue weighted by molar-refractivity contribution is -0.142. The molecule has 3 heterocycles. The van der Waals surface area contributed by atoms with Crippen molar-refractivity contribution in [3.63, 3.8) is 0 Å². The molecule has 1 spiro atoms. The van der Waals surface area contributed by atoms with Crippen LogP contribution in [0.25, 0.3) is 0 Å². The van der Waals surface area contributed by atoms with Crippen LogP contribution in [0, 0.1) is 16.7 Å². The molecule has 7 rings (SSSR count). The summed E-state index contributed by atoms with van der Waals surface area (Å²) in [7, 11) is -2.94. The Hall–Kier alpha value is -4.07. The molecule has 3 saturated carbocycles. The van der Waals surface area contributed by atoms with E-state index in [4.69, 9.17) is 9.47 Å². The zero-order chi connectivity index (χ0) is 40.9. The van der Waals surface area contributed by atoms with Crippen molar-refractivity contribution in [3.05, 3.63) is 47.0 Å². The van der Waals surface area contributed by atoms with Crippen LogP contribution in [-0.4, -0.2) is 91.9 Å². The molecule has 4 bridgehead atoms. The van der Waals surface area contributed by atoms with Crippen LogP contribution in [0.2, 0.25) is 0 Å². The van der Waals surface area contributed by atoms with Gasteiger partial charge in [-0.05, 0) is 84.9 Å². The van der Waals surface area contributed by atoms with Crippen molar-refractivity contribution >= 4 is 45.5 Å². The van der Waals surface area contributed by atoms with Crippen molar-refractivity contribution in [3.8, 4) is 0 Å². The second-order valence-corrected chi connectivity index (χ2v) is 20.9. The van der Waals surface area contributed by atoms with E-state index in [2.05, 4.69) is 33.9 Å². The average Bonchev–Trinajstić information content (AvgIpc) is 4.00. The fourth-order valence-electron chi connectivity index (χ4n) is 9.81. The van der Waals surface area contributed by atoms with Gasteiger partial charge in [-0.15, -0.1) is 0 Å². The highest BCUT2D eigenvalue weighted by atomic mass is 32.2. The molecule has 14 heteroatoms. The smallest absolute Gasteiger partial charge is 0.410 e. The molecule has 6 aliphatic rings. The van der Waals surface area contributed by atoms with Crippen LogP contribution in [0.4, 0.5) is 9.59 Å². The van der Waals surface area contributed by atoms with E-state index in [9.17, 15) is 28.2 Å². The van der Waals surface area contributed by atoms with E-state index >= 15 is 0 Å². The molecule has 1 aromatic carbocycles. The third-order valence-corrected chi connectivity index (χ3v) is 15.5. The van der Waals surface area contributed by atoms with Crippen LogP contribution in [0.3, 0.4) is 0 Å². The van der Waals surface area contributed by atoms with Gasteiger partial charge >= 0.3 is 12.2 Å². The maximum absolute atomic E-state index is 14.7. The van der Waals surface area contributed by atoms with E-state index in [1.165, 1.54) is 10.5 Å². The van der Waals surface area contributed by atoms with Gasteiger partial charge < -0.3 is 25.0 Å². The number of alkyl carbamates (subject to hydrolysis) is 1. The summed E-state index contributed by atoms with van der Waals surface area (Å²) in [6.07, 6.45) is 8.78. The van der Waals surface area contributed by atoms with E-state index in [1.807, 2.05) is 39.8 Å². The molecule has 6 atom stereocenters. The van der Waals surface area contributed by atoms with E-state index < -0.39 is 74.7 Å². The van der Waals surface area contributed by atoms with Gasteiger partial charge in [-0.2, -0.15) is 0 Å². The highest BCUT2D eigenvalue weighted by Gasteiger charge is 2.65. The zero-order valence-electron chi connectivity index (χ0n) is 34.1. The molecular weight excluding hydrogens is 747 g/mol.